The molecule has 0 fully saturated rings. The molecule has 0 rings (SSSR count). The average Bonchev–Trinajstić information content (AvgIpc) is 1.38. The topological polar surface area (TPSA) is 0 Å². The lowest BCUT2D eigenvalue weighted by atomic mass is 11.0. The minimum atomic E-state index is 0.291. The molecule has 0 spiro atoms. The van der Waals surface area contributed by atoms with E-state index in [1.54, 1.807) is 0 Å². The Kier molecular flexibility index (Phi) is 2.88. The highest BCUT2D eigenvalue weighted by atomic mass is 31.1. The van der Waals surface area contributed by atoms with Crippen LogP contribution in [-0.4, -0.2) is 19.5 Å². The molecule has 0 amide bonds. The van der Waals surface area contributed by atoms with Crippen molar-refractivity contribution >= 4 is 7.92 Å². The summed E-state index contributed by atoms with van der Waals surface area (Å²) >= 11 is 0. The van der Waals surface area contributed by atoms with Gasteiger partial charge in [0, 0.05) is 0 Å². The Morgan fingerprint density at radius 2 is 1.80 bits per heavy atom. The van der Waals surface area contributed by atoms with E-state index in [0.717, 1.165) is 6.16 Å². The minimum Gasteiger partial charge on any atom is -0.113 e. The van der Waals surface area contributed by atoms with Gasteiger partial charge >= 0.3 is 0 Å². The molecule has 0 aromatic heterocycles. The number of hydrogen-bond acceptors (Lipinski definition) is 0. The van der Waals surface area contributed by atoms with Crippen LogP contribution < -0.4 is 0 Å². The van der Waals surface area contributed by atoms with Crippen LogP contribution >= 0.6 is 7.92 Å². The van der Waals surface area contributed by atoms with E-state index >= 15 is 0 Å². The zero-order valence-corrected chi connectivity index (χ0v) is 4.76. The molecule has 0 atom stereocenters. The van der Waals surface area contributed by atoms with Gasteiger partial charge in [0.2, 0.25) is 0 Å². The molecule has 0 N–H and O–H groups in total. The van der Waals surface area contributed by atoms with Crippen molar-refractivity contribution in [2.24, 2.45) is 0 Å². The largest absolute Gasteiger partial charge is 0.113 e. The molecule has 0 heterocycles. The summed E-state index contributed by atoms with van der Waals surface area (Å²) in [5, 5.41) is 0. The first-order valence-corrected chi connectivity index (χ1v) is 4.13. The van der Waals surface area contributed by atoms with Gasteiger partial charge in [0.1, 0.15) is 0 Å². The van der Waals surface area contributed by atoms with Crippen LogP contribution in [0.2, 0.25) is 0 Å². The highest BCUT2D eigenvalue weighted by Crippen LogP contribution is 2.21. The smallest absolute Gasteiger partial charge is 0.0331 e. The zero-order chi connectivity index (χ0) is 4.28. The summed E-state index contributed by atoms with van der Waals surface area (Å²) in [6.45, 7) is 8.16. The Morgan fingerprint density at radius 1 is 1.60 bits per heavy atom. The first-order chi connectivity index (χ1) is 2.27. The van der Waals surface area contributed by atoms with Crippen LogP contribution in [0, 0.1) is 6.92 Å². The van der Waals surface area contributed by atoms with Crippen molar-refractivity contribution in [3.8, 4) is 0 Å². The van der Waals surface area contributed by atoms with Crippen LogP contribution in [0.15, 0.2) is 0 Å². The van der Waals surface area contributed by atoms with E-state index in [9.17, 15) is 0 Å². The lowest BCUT2D eigenvalue weighted by molar-refractivity contribution is 1.76. The highest BCUT2D eigenvalue weighted by Gasteiger charge is 1.78. The summed E-state index contributed by atoms with van der Waals surface area (Å²) < 4.78 is 0. The van der Waals surface area contributed by atoms with Crippen molar-refractivity contribution in [2.75, 3.05) is 19.5 Å². The van der Waals surface area contributed by atoms with Gasteiger partial charge in [0.25, 0.3) is 0 Å². The average molecular weight is 89.1 g/mol. The molecule has 0 aliphatic rings. The number of hydrogen-bond donors (Lipinski definition) is 0. The van der Waals surface area contributed by atoms with Crippen LogP contribution in [-0.2, 0) is 0 Å². The van der Waals surface area contributed by atoms with E-state index in [2.05, 4.69) is 20.3 Å². The molecule has 0 saturated carbocycles. The van der Waals surface area contributed by atoms with E-state index in [-0.39, 0.29) is 0 Å². The number of rotatable bonds is 1. The lowest BCUT2D eigenvalue weighted by Gasteiger charge is -1.92. The van der Waals surface area contributed by atoms with Gasteiger partial charge in [-0.15, -0.1) is 7.92 Å². The molecular formula is C4H10P. The van der Waals surface area contributed by atoms with Crippen molar-refractivity contribution in [1.82, 2.24) is 0 Å². The van der Waals surface area contributed by atoms with Gasteiger partial charge in [-0.25, -0.2) is 0 Å². The van der Waals surface area contributed by atoms with Crippen LogP contribution in [0.1, 0.15) is 0 Å². The first kappa shape index (κ1) is 5.43. The molecular weight excluding hydrogens is 79.0 g/mol. The predicted octanol–water partition coefficient (Wildman–Crippen LogP) is 1.56. The molecule has 1 heteroatoms. The SMILES string of the molecule is [CH2]CP(C)C. The van der Waals surface area contributed by atoms with Crippen molar-refractivity contribution in [2.45, 2.75) is 0 Å². The van der Waals surface area contributed by atoms with E-state index in [1.165, 1.54) is 0 Å². The normalized spacial score (nSPS) is 9.60. The van der Waals surface area contributed by atoms with Gasteiger partial charge in [-0.1, -0.05) is 0 Å². The molecule has 0 aromatic rings. The van der Waals surface area contributed by atoms with Crippen molar-refractivity contribution in [1.29, 1.82) is 0 Å². The van der Waals surface area contributed by atoms with Gasteiger partial charge in [-0.2, -0.15) is 0 Å². The van der Waals surface area contributed by atoms with Crippen molar-refractivity contribution in [3.05, 3.63) is 6.92 Å². The maximum absolute atomic E-state index is 3.71. The van der Waals surface area contributed by atoms with Crippen LogP contribution in [0.25, 0.3) is 0 Å². The van der Waals surface area contributed by atoms with Crippen LogP contribution in [0.5, 0.6) is 0 Å². The molecule has 0 aliphatic heterocycles. The molecule has 5 heavy (non-hydrogen) atoms. The molecule has 0 aromatic carbocycles. The van der Waals surface area contributed by atoms with E-state index < -0.39 is 0 Å². The van der Waals surface area contributed by atoms with E-state index in [4.69, 9.17) is 0 Å². The van der Waals surface area contributed by atoms with Gasteiger partial charge in [-0.05, 0) is 26.4 Å². The van der Waals surface area contributed by atoms with Crippen molar-refractivity contribution < 1.29 is 0 Å². The van der Waals surface area contributed by atoms with E-state index in [1.807, 2.05) is 0 Å². The quantitative estimate of drug-likeness (QED) is 0.428. The standard InChI is InChI=1S/C4H10P/c1-4-5(2)3/h1,4H2,2-3H3. The second kappa shape index (κ2) is 2.66. The van der Waals surface area contributed by atoms with Gasteiger partial charge < -0.3 is 0 Å². The third kappa shape index (κ3) is 4.43. The summed E-state index contributed by atoms with van der Waals surface area (Å²) in [7, 11) is 0.291. The lowest BCUT2D eigenvalue weighted by Crippen LogP contribution is -1.66. The van der Waals surface area contributed by atoms with Gasteiger partial charge in [-0.3, -0.25) is 0 Å². The summed E-state index contributed by atoms with van der Waals surface area (Å²) in [4.78, 5) is 0. The molecule has 0 nitrogen and oxygen atoms in total. The molecule has 31 valence electrons. The van der Waals surface area contributed by atoms with Gasteiger partial charge in [0.15, 0.2) is 0 Å². The van der Waals surface area contributed by atoms with Crippen molar-refractivity contribution in [3.63, 3.8) is 0 Å². The summed E-state index contributed by atoms with van der Waals surface area (Å²) in [6, 6.07) is 0. The van der Waals surface area contributed by atoms with Gasteiger partial charge in [0.05, 0.1) is 0 Å². The summed E-state index contributed by atoms with van der Waals surface area (Å²) in [5.41, 5.74) is 0. The molecule has 0 saturated heterocycles. The van der Waals surface area contributed by atoms with Crippen LogP contribution in [0.4, 0.5) is 0 Å². The molecule has 1 radical (unpaired) electrons. The Labute approximate surface area is 35.3 Å². The third-order valence-corrected chi connectivity index (χ3v) is 1.34. The van der Waals surface area contributed by atoms with E-state index in [0.29, 0.717) is 7.92 Å². The van der Waals surface area contributed by atoms with Crippen LogP contribution in [0.3, 0.4) is 0 Å². The zero-order valence-electron chi connectivity index (χ0n) is 3.86. The third-order valence-electron chi connectivity index (χ3n) is 0.447. The Bertz CT molecular complexity index is 17.6. The predicted molar refractivity (Wildman–Crippen MR) is 29.0 cm³/mol. The highest BCUT2D eigenvalue weighted by molar-refractivity contribution is 7.56. The second-order valence-electron chi connectivity index (χ2n) is 1.30. The molecule has 0 unspecified atom stereocenters. The fourth-order valence-electron chi connectivity index (χ4n) is 0. The Balaban J connectivity index is 2.54. The maximum Gasteiger partial charge on any atom is -0.0331 e. The first-order valence-electron chi connectivity index (χ1n) is 1.71. The molecule has 0 bridgehead atoms. The molecule has 0 aliphatic carbocycles. The fourth-order valence-corrected chi connectivity index (χ4v) is 0. The Hall–Kier alpha value is 0.430. The second-order valence-corrected chi connectivity index (χ2v) is 3.91. The summed E-state index contributed by atoms with van der Waals surface area (Å²) in [6.07, 6.45) is 1.12. The monoisotopic (exact) mass is 89.1 g/mol. The maximum atomic E-state index is 3.71. The summed E-state index contributed by atoms with van der Waals surface area (Å²) in [5.74, 6) is 0. The minimum absolute atomic E-state index is 0.291. The fraction of sp³-hybridized carbons (Fsp3) is 0.750. The Morgan fingerprint density at radius 3 is 1.80 bits per heavy atom.